The van der Waals surface area contributed by atoms with Crippen molar-refractivity contribution in [3.8, 4) is 0 Å². The second kappa shape index (κ2) is 14.8. The van der Waals surface area contributed by atoms with Gasteiger partial charge in [-0.05, 0) is 0 Å². The number of rotatable bonds is 0. The van der Waals surface area contributed by atoms with E-state index in [0.717, 1.165) is 0 Å². The Morgan fingerprint density at radius 1 is 1.20 bits per heavy atom. The molecular formula is C2H8K2O5P+. The molecule has 52 valence electrons. The van der Waals surface area contributed by atoms with Gasteiger partial charge in [0, 0.05) is 0 Å². The van der Waals surface area contributed by atoms with Crippen LogP contribution >= 0.6 is 7.82 Å². The van der Waals surface area contributed by atoms with Gasteiger partial charge in [-0.15, -0.1) is 0 Å². The van der Waals surface area contributed by atoms with Crippen LogP contribution in [0, 0.1) is 6.92 Å². The first kappa shape index (κ1) is 23.3. The fourth-order valence-corrected chi connectivity index (χ4v) is 0. The zero-order valence-electron chi connectivity index (χ0n) is 6.06. The van der Waals surface area contributed by atoms with Crippen molar-refractivity contribution in [1.29, 1.82) is 0 Å². The molecule has 0 spiro atoms. The van der Waals surface area contributed by atoms with Gasteiger partial charge in [-0.2, -0.15) is 0 Å². The van der Waals surface area contributed by atoms with E-state index in [2.05, 4.69) is 6.92 Å². The van der Waals surface area contributed by atoms with Crippen LogP contribution in [0.4, 0.5) is 0 Å². The zero-order chi connectivity index (χ0) is 7.21. The van der Waals surface area contributed by atoms with Crippen molar-refractivity contribution in [2.24, 2.45) is 0 Å². The van der Waals surface area contributed by atoms with Crippen molar-refractivity contribution < 1.29 is 127 Å². The number of hydrogen-bond donors (Lipinski definition) is 4. The van der Waals surface area contributed by atoms with E-state index < -0.39 is 7.82 Å². The van der Waals surface area contributed by atoms with Crippen molar-refractivity contribution in [3.05, 3.63) is 6.92 Å². The summed E-state index contributed by atoms with van der Waals surface area (Å²) >= 11 is 0. The van der Waals surface area contributed by atoms with E-state index in [9.17, 15) is 0 Å². The maximum atomic E-state index is 8.88. The maximum absolute atomic E-state index is 8.88. The van der Waals surface area contributed by atoms with E-state index in [1.54, 1.807) is 0 Å². The standard InChI is InChI=1S/C2H5O.2K.H3O4P/c1-2-3;;;1-5(2,3)4/h3H,1-2H2;;;(H3,1,2,3,4)/q-1;2*+1;. The fraction of sp³-hybridized carbons (Fsp3) is 0.500. The van der Waals surface area contributed by atoms with Crippen LogP contribution < -0.4 is 103 Å². The molecule has 0 fully saturated rings. The third-order valence-electron chi connectivity index (χ3n) is 0. The first-order valence-electron chi connectivity index (χ1n) is 1.60. The summed E-state index contributed by atoms with van der Waals surface area (Å²) in [6.07, 6.45) is 0. The first-order chi connectivity index (χ1) is 3.41. The Labute approximate surface area is 145 Å². The van der Waals surface area contributed by atoms with Crippen molar-refractivity contribution in [2.45, 2.75) is 0 Å². The molecule has 0 aliphatic carbocycles. The third-order valence-corrected chi connectivity index (χ3v) is 0. The van der Waals surface area contributed by atoms with E-state index in [1.807, 2.05) is 0 Å². The molecule has 5 nitrogen and oxygen atoms in total. The molecule has 0 bridgehead atoms. The van der Waals surface area contributed by atoms with Gasteiger partial charge < -0.3 is 26.7 Å². The SMILES string of the molecule is O=P(O)(O)O.[CH2-]CO.[K+].[K+]. The van der Waals surface area contributed by atoms with Gasteiger partial charge in [-0.25, -0.2) is 4.57 Å². The summed E-state index contributed by atoms with van der Waals surface area (Å²) in [4.78, 5) is 21.6. The average molecular weight is 221 g/mol. The molecule has 0 radical (unpaired) electrons. The van der Waals surface area contributed by atoms with Crippen LogP contribution in [0.3, 0.4) is 0 Å². The summed E-state index contributed by atoms with van der Waals surface area (Å²) in [5.41, 5.74) is 0. The quantitative estimate of drug-likeness (QED) is 0.185. The van der Waals surface area contributed by atoms with Crippen LogP contribution in [0.2, 0.25) is 0 Å². The molecule has 0 aliphatic heterocycles. The molecule has 0 aromatic carbocycles. The van der Waals surface area contributed by atoms with Crippen molar-refractivity contribution >= 4 is 7.82 Å². The minimum atomic E-state index is -4.64. The molecular weight excluding hydrogens is 213 g/mol. The van der Waals surface area contributed by atoms with Crippen LogP contribution in [0.15, 0.2) is 0 Å². The van der Waals surface area contributed by atoms with Crippen LogP contribution in [-0.4, -0.2) is 26.4 Å². The minimum absolute atomic E-state index is 0. The Balaban J connectivity index is -0.0000000326. The van der Waals surface area contributed by atoms with E-state index in [0.29, 0.717) is 0 Å². The molecule has 10 heavy (non-hydrogen) atoms. The Bertz CT molecular complexity index is 73.5. The molecule has 0 aromatic rings. The molecule has 0 heterocycles. The Kier molecular flexibility index (Phi) is 34.6. The summed E-state index contributed by atoms with van der Waals surface area (Å²) in [5.74, 6) is 0. The molecule has 8 heteroatoms. The Morgan fingerprint density at radius 2 is 1.20 bits per heavy atom. The molecule has 4 N–H and O–H groups in total. The second-order valence-electron chi connectivity index (χ2n) is 0.737. The Morgan fingerprint density at radius 3 is 1.20 bits per heavy atom. The van der Waals surface area contributed by atoms with Gasteiger partial charge in [0.2, 0.25) is 0 Å². The first-order valence-corrected chi connectivity index (χ1v) is 3.16. The van der Waals surface area contributed by atoms with Crippen LogP contribution in [0.1, 0.15) is 0 Å². The topological polar surface area (TPSA) is 98.0 Å². The largest absolute Gasteiger partial charge is 1.00 e. The van der Waals surface area contributed by atoms with E-state index in [1.165, 1.54) is 0 Å². The van der Waals surface area contributed by atoms with E-state index in [-0.39, 0.29) is 109 Å². The normalized spacial score (nSPS) is 7.70. The van der Waals surface area contributed by atoms with Gasteiger partial charge in [0.1, 0.15) is 0 Å². The third kappa shape index (κ3) is 109. The molecule has 0 amide bonds. The molecule has 0 atom stereocenters. The predicted octanol–water partition coefficient (Wildman–Crippen LogP) is -7.11. The van der Waals surface area contributed by atoms with E-state index >= 15 is 0 Å². The summed E-state index contributed by atoms with van der Waals surface area (Å²) in [7, 11) is -4.64. The van der Waals surface area contributed by atoms with Crippen LogP contribution in [0.5, 0.6) is 0 Å². The molecule has 0 aromatic heterocycles. The van der Waals surface area contributed by atoms with E-state index in [4.69, 9.17) is 24.4 Å². The van der Waals surface area contributed by atoms with Gasteiger partial charge in [0.05, 0.1) is 0 Å². The summed E-state index contributed by atoms with van der Waals surface area (Å²) in [5, 5.41) is 7.46. The summed E-state index contributed by atoms with van der Waals surface area (Å²) in [6, 6.07) is 0. The van der Waals surface area contributed by atoms with Gasteiger partial charge >= 0.3 is 111 Å². The van der Waals surface area contributed by atoms with Crippen LogP contribution in [0.25, 0.3) is 0 Å². The number of aliphatic hydroxyl groups is 1. The van der Waals surface area contributed by atoms with Gasteiger partial charge in [0.15, 0.2) is 0 Å². The number of hydrogen-bond acceptors (Lipinski definition) is 2. The van der Waals surface area contributed by atoms with Gasteiger partial charge in [-0.3, -0.25) is 0 Å². The molecule has 0 saturated heterocycles. The van der Waals surface area contributed by atoms with Crippen molar-refractivity contribution in [1.82, 2.24) is 0 Å². The Hall–Kier alpha value is 3.34. The fourth-order valence-electron chi connectivity index (χ4n) is 0. The number of phosphoric acid groups is 1. The molecule has 0 aliphatic rings. The summed E-state index contributed by atoms with van der Waals surface area (Å²) < 4.78 is 8.88. The zero-order valence-corrected chi connectivity index (χ0v) is 13.2. The molecule has 0 unspecified atom stereocenters. The minimum Gasteiger partial charge on any atom is -0.428 e. The van der Waals surface area contributed by atoms with Crippen molar-refractivity contribution in [2.75, 3.05) is 6.61 Å². The monoisotopic (exact) mass is 221 g/mol. The molecule has 0 rings (SSSR count). The van der Waals surface area contributed by atoms with Crippen molar-refractivity contribution in [3.63, 3.8) is 0 Å². The van der Waals surface area contributed by atoms with Crippen LogP contribution in [-0.2, 0) is 4.57 Å². The van der Waals surface area contributed by atoms with Gasteiger partial charge in [-0.1, -0.05) is 6.61 Å². The predicted molar refractivity (Wildman–Crippen MR) is 26.7 cm³/mol. The average Bonchev–Trinajstić information content (AvgIpc) is 1.27. The maximum Gasteiger partial charge on any atom is 1.00 e. The number of aliphatic hydroxyl groups excluding tert-OH is 1. The summed E-state index contributed by atoms with van der Waals surface area (Å²) in [6.45, 7) is 3.04. The van der Waals surface area contributed by atoms with Gasteiger partial charge in [0.25, 0.3) is 0 Å². The second-order valence-corrected chi connectivity index (χ2v) is 1.76. The smallest absolute Gasteiger partial charge is 0.428 e. The molecule has 0 saturated carbocycles.